The number of carbonyl (C=O) groups is 2. The zero-order valence-electron chi connectivity index (χ0n) is 17.4. The van der Waals surface area contributed by atoms with Crippen LogP contribution in [0.2, 0.25) is 0 Å². The molecule has 0 saturated carbocycles. The fourth-order valence-corrected chi connectivity index (χ4v) is 3.40. The van der Waals surface area contributed by atoms with Gasteiger partial charge >= 0.3 is 0 Å². The van der Waals surface area contributed by atoms with Crippen LogP contribution in [0.4, 0.5) is 10.1 Å². The topological polar surface area (TPSA) is 101 Å². The van der Waals surface area contributed by atoms with Crippen molar-refractivity contribution >= 4 is 28.4 Å². The van der Waals surface area contributed by atoms with Crippen LogP contribution in [0, 0.1) is 5.82 Å². The van der Waals surface area contributed by atoms with Gasteiger partial charge in [0.15, 0.2) is 0 Å². The number of ether oxygens (including phenoxy) is 1. The largest absolute Gasteiger partial charge is 0.496 e. The minimum atomic E-state index is -0.309. The maximum Gasteiger partial charge on any atom is 0.242 e. The van der Waals surface area contributed by atoms with E-state index in [1.807, 2.05) is 18.2 Å². The SMILES string of the molecule is COc1ccccc1CC(=O)Nc1cnn(CC(=O)NCc2cc3cc(F)ccc3[nH]2)c1. The third-order valence-corrected chi connectivity index (χ3v) is 4.88. The van der Waals surface area contributed by atoms with Gasteiger partial charge < -0.3 is 20.4 Å². The minimum absolute atomic E-state index is 0.00274. The Bertz CT molecular complexity index is 1260. The predicted octanol–water partition coefficient (Wildman–Crippen LogP) is 3.01. The highest BCUT2D eigenvalue weighted by Crippen LogP contribution is 2.19. The fourth-order valence-electron chi connectivity index (χ4n) is 3.40. The highest BCUT2D eigenvalue weighted by atomic mass is 19.1. The lowest BCUT2D eigenvalue weighted by Crippen LogP contribution is -2.27. The second-order valence-electron chi connectivity index (χ2n) is 7.27. The number of hydrogen-bond donors (Lipinski definition) is 3. The van der Waals surface area contributed by atoms with Gasteiger partial charge in [0.1, 0.15) is 18.1 Å². The Labute approximate surface area is 183 Å². The van der Waals surface area contributed by atoms with Crippen molar-refractivity contribution in [3.05, 3.63) is 78.0 Å². The molecule has 2 aromatic carbocycles. The maximum absolute atomic E-state index is 13.3. The molecule has 4 aromatic rings. The van der Waals surface area contributed by atoms with E-state index in [1.165, 1.54) is 23.0 Å². The van der Waals surface area contributed by atoms with Crippen LogP contribution in [-0.4, -0.2) is 33.7 Å². The summed E-state index contributed by atoms with van der Waals surface area (Å²) in [5, 5.41) is 10.4. The maximum atomic E-state index is 13.3. The van der Waals surface area contributed by atoms with E-state index in [9.17, 15) is 14.0 Å². The molecule has 0 saturated heterocycles. The van der Waals surface area contributed by atoms with Gasteiger partial charge in [-0.3, -0.25) is 14.3 Å². The molecule has 2 aromatic heterocycles. The number of nitrogens with one attached hydrogen (secondary N) is 3. The zero-order chi connectivity index (χ0) is 22.5. The zero-order valence-corrected chi connectivity index (χ0v) is 17.4. The van der Waals surface area contributed by atoms with Crippen LogP contribution >= 0.6 is 0 Å². The number of H-pyrrole nitrogens is 1. The summed E-state index contributed by atoms with van der Waals surface area (Å²) >= 11 is 0. The van der Waals surface area contributed by atoms with Crippen molar-refractivity contribution in [2.24, 2.45) is 0 Å². The van der Waals surface area contributed by atoms with E-state index >= 15 is 0 Å². The third kappa shape index (κ3) is 5.12. The number of aromatic nitrogens is 3. The summed E-state index contributed by atoms with van der Waals surface area (Å²) in [5.74, 6) is -0.120. The fraction of sp³-hybridized carbons (Fsp3) is 0.174. The van der Waals surface area contributed by atoms with E-state index in [4.69, 9.17) is 4.74 Å². The van der Waals surface area contributed by atoms with E-state index in [0.717, 1.165) is 22.2 Å². The quantitative estimate of drug-likeness (QED) is 0.396. The Morgan fingerprint density at radius 1 is 1.16 bits per heavy atom. The first-order chi connectivity index (χ1) is 15.5. The Kier molecular flexibility index (Phi) is 6.16. The molecule has 0 atom stereocenters. The van der Waals surface area contributed by atoms with Gasteiger partial charge in [-0.15, -0.1) is 0 Å². The highest BCUT2D eigenvalue weighted by Gasteiger charge is 2.11. The third-order valence-electron chi connectivity index (χ3n) is 4.88. The molecule has 0 aliphatic carbocycles. The molecule has 0 aliphatic heterocycles. The summed E-state index contributed by atoms with van der Waals surface area (Å²) in [6, 6.07) is 13.6. The van der Waals surface area contributed by atoms with Crippen molar-refractivity contribution in [1.29, 1.82) is 0 Å². The standard InChI is InChI=1S/C23H22FN5O3/c1-32-21-5-3-2-4-15(21)10-22(30)28-19-12-26-29(13-19)14-23(31)25-11-18-9-16-8-17(24)6-7-20(16)27-18/h2-9,12-13,27H,10-11,14H2,1H3,(H,25,31)(H,28,30). The van der Waals surface area contributed by atoms with E-state index in [-0.39, 0.29) is 37.1 Å². The molecule has 3 N–H and O–H groups in total. The average Bonchev–Trinajstić information content (AvgIpc) is 3.38. The van der Waals surface area contributed by atoms with Crippen molar-refractivity contribution in [3.63, 3.8) is 0 Å². The van der Waals surface area contributed by atoms with Gasteiger partial charge in [0, 0.05) is 28.4 Å². The van der Waals surface area contributed by atoms with Crippen molar-refractivity contribution in [3.8, 4) is 5.75 Å². The van der Waals surface area contributed by atoms with Crippen LogP contribution in [0.5, 0.6) is 5.75 Å². The molecule has 32 heavy (non-hydrogen) atoms. The van der Waals surface area contributed by atoms with Gasteiger partial charge in [0.05, 0.1) is 32.0 Å². The van der Waals surface area contributed by atoms with Crippen LogP contribution in [-0.2, 0) is 29.1 Å². The summed E-state index contributed by atoms with van der Waals surface area (Å²) in [6.07, 6.45) is 3.23. The lowest BCUT2D eigenvalue weighted by Gasteiger charge is -2.07. The van der Waals surface area contributed by atoms with Crippen molar-refractivity contribution < 1.29 is 18.7 Å². The van der Waals surface area contributed by atoms with E-state index in [1.54, 1.807) is 31.5 Å². The first kappa shape index (κ1) is 21.1. The van der Waals surface area contributed by atoms with Crippen LogP contribution in [0.3, 0.4) is 0 Å². The van der Waals surface area contributed by atoms with E-state index in [2.05, 4.69) is 20.7 Å². The summed E-state index contributed by atoms with van der Waals surface area (Å²) < 4.78 is 20.0. The van der Waals surface area contributed by atoms with E-state index < -0.39 is 0 Å². The smallest absolute Gasteiger partial charge is 0.242 e. The summed E-state index contributed by atoms with van der Waals surface area (Å²) in [7, 11) is 1.56. The van der Waals surface area contributed by atoms with Gasteiger partial charge in [0.2, 0.25) is 11.8 Å². The highest BCUT2D eigenvalue weighted by molar-refractivity contribution is 5.92. The molecule has 164 valence electrons. The lowest BCUT2D eigenvalue weighted by molar-refractivity contribution is -0.122. The van der Waals surface area contributed by atoms with Gasteiger partial charge in [0.25, 0.3) is 0 Å². The molecule has 8 nitrogen and oxygen atoms in total. The molecule has 2 heterocycles. The average molecular weight is 435 g/mol. The first-order valence-electron chi connectivity index (χ1n) is 9.98. The lowest BCUT2D eigenvalue weighted by atomic mass is 10.1. The number of halogens is 1. The molecular formula is C23H22FN5O3. The van der Waals surface area contributed by atoms with Crippen LogP contribution in [0.1, 0.15) is 11.3 Å². The Morgan fingerprint density at radius 2 is 2.00 bits per heavy atom. The Hall–Kier alpha value is -4.14. The number of amides is 2. The monoisotopic (exact) mass is 435 g/mol. The number of rotatable bonds is 8. The number of nitrogens with zero attached hydrogens (tertiary/aromatic N) is 2. The molecule has 0 spiro atoms. The van der Waals surface area contributed by atoms with Crippen molar-refractivity contribution in [2.45, 2.75) is 19.5 Å². The number of anilines is 1. The van der Waals surface area contributed by atoms with Gasteiger partial charge in [-0.1, -0.05) is 18.2 Å². The Morgan fingerprint density at radius 3 is 2.84 bits per heavy atom. The Balaban J connectivity index is 1.28. The van der Waals surface area contributed by atoms with Crippen molar-refractivity contribution in [1.82, 2.24) is 20.1 Å². The van der Waals surface area contributed by atoms with Crippen LogP contribution in [0.25, 0.3) is 10.9 Å². The molecule has 9 heteroatoms. The van der Waals surface area contributed by atoms with Crippen molar-refractivity contribution in [2.75, 3.05) is 12.4 Å². The van der Waals surface area contributed by atoms with Crippen LogP contribution in [0.15, 0.2) is 60.9 Å². The molecule has 0 radical (unpaired) electrons. The number of carbonyl (C=O) groups excluding carboxylic acids is 2. The number of methoxy groups -OCH3 is 1. The molecule has 0 unspecified atom stereocenters. The predicted molar refractivity (Wildman–Crippen MR) is 118 cm³/mol. The molecule has 0 fully saturated rings. The molecule has 4 rings (SSSR count). The molecule has 0 bridgehead atoms. The second-order valence-corrected chi connectivity index (χ2v) is 7.27. The number of benzene rings is 2. The van der Waals surface area contributed by atoms with Crippen LogP contribution < -0.4 is 15.4 Å². The number of fused-ring (bicyclic) bond motifs is 1. The van der Waals surface area contributed by atoms with Gasteiger partial charge in [-0.25, -0.2) is 4.39 Å². The summed E-state index contributed by atoms with van der Waals surface area (Å²) in [6.45, 7) is 0.274. The first-order valence-corrected chi connectivity index (χ1v) is 9.98. The number of hydrogen-bond acceptors (Lipinski definition) is 4. The summed E-state index contributed by atoms with van der Waals surface area (Å²) in [5.41, 5.74) is 2.84. The summed E-state index contributed by atoms with van der Waals surface area (Å²) in [4.78, 5) is 27.7. The second kappa shape index (κ2) is 9.34. The molecular weight excluding hydrogens is 413 g/mol. The number of para-hydroxylation sites is 1. The van der Waals surface area contributed by atoms with Gasteiger partial charge in [-0.2, -0.15) is 5.10 Å². The normalized spacial score (nSPS) is 10.8. The van der Waals surface area contributed by atoms with Gasteiger partial charge in [-0.05, 0) is 30.3 Å². The molecule has 2 amide bonds. The van der Waals surface area contributed by atoms with E-state index in [0.29, 0.717) is 11.4 Å². The number of aromatic amines is 1. The molecule has 0 aliphatic rings. The minimum Gasteiger partial charge on any atom is -0.496 e.